The Morgan fingerprint density at radius 1 is 1.68 bits per heavy atom. The van der Waals surface area contributed by atoms with Crippen LogP contribution in [0.15, 0.2) is 21.9 Å². The summed E-state index contributed by atoms with van der Waals surface area (Å²) in [6.07, 6.45) is -3.12. The Morgan fingerprint density at radius 2 is 2.32 bits per heavy atom. The van der Waals surface area contributed by atoms with E-state index in [2.05, 4.69) is 0 Å². The number of H-pyrrole nitrogens is 1. The fourth-order valence-corrected chi connectivity index (χ4v) is 1.98. The zero-order valence-electron chi connectivity index (χ0n) is 11.2. The molecule has 8 heteroatoms. The minimum Gasteiger partial charge on any atom is -0.479 e. The molecule has 0 aromatic carbocycles. The Bertz CT molecular complexity index is 669. The number of carbonyl (C=O) groups is 1. The lowest BCUT2D eigenvalue weighted by atomic mass is 9.89. The molecule has 2 N–H and O–H groups in total. The third-order valence-electron chi connectivity index (χ3n) is 3.28. The molecule has 0 spiro atoms. The van der Waals surface area contributed by atoms with Gasteiger partial charge in [0.1, 0.15) is 0 Å². The average Bonchev–Trinajstić information content (AvgIpc) is 2.52. The first-order valence-electron chi connectivity index (χ1n) is 6.02. The number of aliphatic carboxylic acids is 1. The van der Waals surface area contributed by atoms with Crippen molar-refractivity contribution in [2.75, 3.05) is 0 Å². The van der Waals surface area contributed by atoms with Gasteiger partial charge in [-0.25, -0.2) is 14.0 Å². The zero-order valence-corrected chi connectivity index (χ0v) is 10.2. The van der Waals surface area contributed by atoms with Crippen LogP contribution in [-0.2, 0) is 9.53 Å². The molecular weight excluding hydrogens is 259 g/mol. The summed E-state index contributed by atoms with van der Waals surface area (Å²) < 4.78 is 28.2. The molecule has 1 saturated heterocycles. The van der Waals surface area contributed by atoms with Crippen molar-refractivity contribution in [2.45, 2.75) is 31.8 Å². The Kier molecular flexibility index (Phi) is 2.74. The first-order valence-corrected chi connectivity index (χ1v) is 5.52. The maximum absolute atomic E-state index is 14.7. The van der Waals surface area contributed by atoms with Crippen LogP contribution in [0.1, 0.15) is 21.4 Å². The van der Waals surface area contributed by atoms with Crippen molar-refractivity contribution < 1.29 is 20.4 Å². The van der Waals surface area contributed by atoms with Crippen molar-refractivity contribution >= 4 is 5.97 Å². The Morgan fingerprint density at radius 3 is 2.79 bits per heavy atom. The SMILES string of the molecule is [2H][C@]1(C(=O)O)O[C@@H](n2ccc(=O)[nH]c2=O)[C@](C)(F)[C@@H]1C. The molecule has 0 radical (unpaired) electrons. The zero-order chi connectivity index (χ0) is 15.3. The van der Waals surface area contributed by atoms with E-state index in [4.69, 9.17) is 11.2 Å². The number of aromatic nitrogens is 2. The number of carboxylic acid groups (broad SMARTS) is 1. The summed E-state index contributed by atoms with van der Waals surface area (Å²) in [6.45, 7) is 2.27. The number of hydrogen-bond donors (Lipinski definition) is 2. The second-order valence-electron chi connectivity index (χ2n) is 4.53. The maximum Gasteiger partial charge on any atom is 0.333 e. The molecule has 2 heterocycles. The van der Waals surface area contributed by atoms with E-state index in [1.807, 2.05) is 4.98 Å². The van der Waals surface area contributed by atoms with Crippen LogP contribution >= 0.6 is 0 Å². The maximum atomic E-state index is 14.7. The molecule has 1 fully saturated rings. The summed E-state index contributed by atoms with van der Waals surface area (Å²) in [6, 6.07) is 0.982. The highest BCUT2D eigenvalue weighted by atomic mass is 19.1. The van der Waals surface area contributed by atoms with E-state index in [9.17, 15) is 18.8 Å². The number of aromatic amines is 1. The number of halogens is 1. The number of carboxylic acids is 1. The van der Waals surface area contributed by atoms with Crippen LogP contribution < -0.4 is 11.2 Å². The number of nitrogens with one attached hydrogen (secondary N) is 1. The predicted molar refractivity (Wildman–Crippen MR) is 61.5 cm³/mol. The van der Waals surface area contributed by atoms with Crippen molar-refractivity contribution in [3.8, 4) is 0 Å². The van der Waals surface area contributed by atoms with Gasteiger partial charge in [0, 0.05) is 18.2 Å². The van der Waals surface area contributed by atoms with Gasteiger partial charge in [-0.1, -0.05) is 6.92 Å². The van der Waals surface area contributed by atoms with E-state index in [0.29, 0.717) is 0 Å². The third kappa shape index (κ3) is 2.07. The van der Waals surface area contributed by atoms with Crippen LogP contribution in [0.4, 0.5) is 4.39 Å². The molecule has 4 atom stereocenters. The molecule has 1 aliphatic rings. The monoisotopic (exact) mass is 273 g/mol. The molecule has 1 aliphatic heterocycles. The summed E-state index contributed by atoms with van der Waals surface area (Å²) in [5.74, 6) is -2.97. The smallest absolute Gasteiger partial charge is 0.333 e. The molecule has 0 amide bonds. The van der Waals surface area contributed by atoms with E-state index in [-0.39, 0.29) is 0 Å². The molecule has 1 aromatic heterocycles. The van der Waals surface area contributed by atoms with Crippen LogP contribution in [0.25, 0.3) is 0 Å². The van der Waals surface area contributed by atoms with Gasteiger partial charge in [0.15, 0.2) is 18.0 Å². The lowest BCUT2D eigenvalue weighted by Gasteiger charge is -2.25. The largest absolute Gasteiger partial charge is 0.479 e. The highest BCUT2D eigenvalue weighted by Gasteiger charge is 2.55. The lowest BCUT2D eigenvalue weighted by Crippen LogP contribution is -2.40. The van der Waals surface area contributed by atoms with E-state index in [1.165, 1.54) is 6.92 Å². The van der Waals surface area contributed by atoms with E-state index >= 15 is 0 Å². The molecule has 0 unspecified atom stereocenters. The highest BCUT2D eigenvalue weighted by molar-refractivity contribution is 5.73. The molecule has 0 aliphatic carbocycles. The van der Waals surface area contributed by atoms with Crippen LogP contribution in [0, 0.1) is 5.92 Å². The van der Waals surface area contributed by atoms with Crippen molar-refractivity contribution in [2.24, 2.45) is 5.92 Å². The quantitative estimate of drug-likeness (QED) is 0.782. The second kappa shape index (κ2) is 4.30. The van der Waals surface area contributed by atoms with Crippen LogP contribution in [-0.4, -0.2) is 32.4 Å². The normalized spacial score (nSPS) is 39.0. The molecule has 19 heavy (non-hydrogen) atoms. The topological polar surface area (TPSA) is 101 Å². The van der Waals surface area contributed by atoms with Gasteiger partial charge in [-0.05, 0) is 6.92 Å². The summed E-state index contributed by atoms with van der Waals surface area (Å²) in [7, 11) is 0. The number of nitrogens with zero attached hydrogens (tertiary/aromatic N) is 1. The van der Waals surface area contributed by atoms with Gasteiger partial charge in [0.2, 0.25) is 0 Å². The summed E-state index contributed by atoms with van der Waals surface area (Å²) in [4.78, 5) is 35.7. The molecule has 104 valence electrons. The average molecular weight is 273 g/mol. The van der Waals surface area contributed by atoms with Gasteiger partial charge >= 0.3 is 11.7 Å². The second-order valence-corrected chi connectivity index (χ2v) is 4.53. The van der Waals surface area contributed by atoms with E-state index < -0.39 is 41.1 Å². The Labute approximate surface area is 108 Å². The Hall–Kier alpha value is -1.96. The minimum absolute atomic E-state index is 0.673. The minimum atomic E-state index is -2.51. The number of rotatable bonds is 2. The first-order chi connectivity index (χ1) is 9.10. The molecular formula is C11H13FN2O5. The lowest BCUT2D eigenvalue weighted by molar-refractivity contribution is -0.153. The summed E-state index contributed by atoms with van der Waals surface area (Å²) in [5, 5.41) is 9.03. The van der Waals surface area contributed by atoms with Gasteiger partial charge in [-0.3, -0.25) is 14.3 Å². The van der Waals surface area contributed by atoms with Gasteiger partial charge in [-0.15, -0.1) is 0 Å². The molecule has 7 nitrogen and oxygen atoms in total. The number of hydrogen-bond acceptors (Lipinski definition) is 4. The van der Waals surface area contributed by atoms with Crippen molar-refractivity contribution in [3.63, 3.8) is 0 Å². The van der Waals surface area contributed by atoms with Gasteiger partial charge in [0.05, 0.1) is 1.37 Å². The first kappa shape index (κ1) is 12.1. The molecule has 0 saturated carbocycles. The molecule has 2 rings (SSSR count). The third-order valence-corrected chi connectivity index (χ3v) is 3.28. The number of ether oxygens (including phenoxy) is 1. The van der Waals surface area contributed by atoms with Gasteiger partial charge < -0.3 is 9.84 Å². The fourth-order valence-electron chi connectivity index (χ4n) is 1.98. The fraction of sp³-hybridized carbons (Fsp3) is 0.545. The van der Waals surface area contributed by atoms with Crippen LogP contribution in [0.2, 0.25) is 0 Å². The van der Waals surface area contributed by atoms with Crippen LogP contribution in [0.5, 0.6) is 0 Å². The van der Waals surface area contributed by atoms with Crippen LogP contribution in [0.3, 0.4) is 0 Å². The van der Waals surface area contributed by atoms with Crippen molar-refractivity contribution in [3.05, 3.63) is 33.1 Å². The van der Waals surface area contributed by atoms with E-state index in [1.54, 1.807) is 0 Å². The highest BCUT2D eigenvalue weighted by Crippen LogP contribution is 2.44. The van der Waals surface area contributed by atoms with Crippen molar-refractivity contribution in [1.29, 1.82) is 0 Å². The van der Waals surface area contributed by atoms with Crippen molar-refractivity contribution in [1.82, 2.24) is 9.55 Å². The predicted octanol–water partition coefficient (Wildman–Crippen LogP) is -0.117. The Balaban J connectivity index is 2.56. The summed E-state index contributed by atoms with van der Waals surface area (Å²) in [5.41, 5.74) is -3.89. The van der Waals surface area contributed by atoms with Gasteiger partial charge in [0.25, 0.3) is 5.56 Å². The standard InChI is InChI=1S/C11H13FN2O5/c1-5-7(8(16)17)19-9(11(5,2)12)14-4-3-6(15)13-10(14)18/h3-5,7,9H,1-2H3,(H,16,17)(H,13,15,18)/t5-,7+,9-,11-/m1/s1/i7D. The van der Waals surface area contributed by atoms with E-state index in [0.717, 1.165) is 23.8 Å². The molecule has 1 aromatic rings. The van der Waals surface area contributed by atoms with Gasteiger partial charge in [-0.2, -0.15) is 0 Å². The summed E-state index contributed by atoms with van der Waals surface area (Å²) >= 11 is 0. The molecule has 0 bridgehead atoms. The number of alkyl halides is 1.